The van der Waals surface area contributed by atoms with Crippen LogP contribution >= 0.6 is 12.4 Å². The summed E-state index contributed by atoms with van der Waals surface area (Å²) in [7, 11) is 0. The molecule has 1 N–H and O–H groups in total. The lowest BCUT2D eigenvalue weighted by Gasteiger charge is -2.06. The maximum atomic E-state index is 3.75. The standard InChI is InChI=1S/C6H10N4.ClH/c1-2-7-3-6(1)10-4-8-9-5-10;/h4-7H,1-3H2;1H/t6-;/m1./s1. The fourth-order valence-electron chi connectivity index (χ4n) is 1.29. The number of hydrogen-bond acceptors (Lipinski definition) is 3. The van der Waals surface area contributed by atoms with E-state index in [1.54, 1.807) is 12.7 Å². The first-order valence-electron chi connectivity index (χ1n) is 3.51. The third-order valence-corrected chi connectivity index (χ3v) is 1.89. The van der Waals surface area contributed by atoms with Gasteiger partial charge in [-0.05, 0) is 13.0 Å². The highest BCUT2D eigenvalue weighted by atomic mass is 35.5. The Balaban J connectivity index is 0.000000605. The summed E-state index contributed by atoms with van der Waals surface area (Å²) >= 11 is 0. The Morgan fingerprint density at radius 1 is 1.36 bits per heavy atom. The van der Waals surface area contributed by atoms with E-state index in [4.69, 9.17) is 0 Å². The number of nitrogens with one attached hydrogen (secondary N) is 1. The lowest BCUT2D eigenvalue weighted by molar-refractivity contribution is 0.545. The average Bonchev–Trinajstić information content (AvgIpc) is 2.59. The van der Waals surface area contributed by atoms with Crippen molar-refractivity contribution < 1.29 is 0 Å². The summed E-state index contributed by atoms with van der Waals surface area (Å²) < 4.78 is 2.06. The predicted octanol–water partition coefficient (Wildman–Crippen LogP) is 0.234. The van der Waals surface area contributed by atoms with Gasteiger partial charge in [0, 0.05) is 12.6 Å². The maximum Gasteiger partial charge on any atom is 0.119 e. The minimum Gasteiger partial charge on any atom is -0.316 e. The molecule has 0 bridgehead atoms. The van der Waals surface area contributed by atoms with Crippen LogP contribution < -0.4 is 5.32 Å². The van der Waals surface area contributed by atoms with Crippen LogP contribution in [0.3, 0.4) is 0 Å². The molecule has 1 saturated heterocycles. The van der Waals surface area contributed by atoms with Gasteiger partial charge in [-0.1, -0.05) is 0 Å². The van der Waals surface area contributed by atoms with Gasteiger partial charge in [0.2, 0.25) is 0 Å². The summed E-state index contributed by atoms with van der Waals surface area (Å²) in [5.41, 5.74) is 0. The molecule has 0 unspecified atom stereocenters. The topological polar surface area (TPSA) is 42.7 Å². The van der Waals surface area contributed by atoms with Crippen LogP contribution in [0.2, 0.25) is 0 Å². The maximum absolute atomic E-state index is 3.75. The number of rotatable bonds is 1. The Labute approximate surface area is 71.4 Å². The molecule has 1 aliphatic rings. The largest absolute Gasteiger partial charge is 0.316 e. The molecule has 0 radical (unpaired) electrons. The van der Waals surface area contributed by atoms with E-state index < -0.39 is 0 Å². The Bertz CT molecular complexity index is 192. The van der Waals surface area contributed by atoms with E-state index in [-0.39, 0.29) is 12.4 Å². The van der Waals surface area contributed by atoms with Crippen LogP contribution in [0.5, 0.6) is 0 Å². The van der Waals surface area contributed by atoms with Crippen LogP contribution in [0.15, 0.2) is 12.7 Å². The highest BCUT2D eigenvalue weighted by Gasteiger charge is 2.14. The molecule has 1 aromatic rings. The fourth-order valence-corrected chi connectivity index (χ4v) is 1.29. The van der Waals surface area contributed by atoms with Crippen LogP contribution in [0.1, 0.15) is 12.5 Å². The lowest BCUT2D eigenvalue weighted by atomic mass is 10.3. The summed E-state index contributed by atoms with van der Waals surface area (Å²) in [5.74, 6) is 0. The zero-order valence-corrected chi connectivity index (χ0v) is 6.92. The first-order valence-corrected chi connectivity index (χ1v) is 3.51. The number of hydrogen-bond donors (Lipinski definition) is 1. The van der Waals surface area contributed by atoms with Crippen molar-refractivity contribution in [2.45, 2.75) is 12.5 Å². The van der Waals surface area contributed by atoms with Crippen LogP contribution in [0.25, 0.3) is 0 Å². The highest BCUT2D eigenvalue weighted by molar-refractivity contribution is 5.85. The third-order valence-electron chi connectivity index (χ3n) is 1.89. The quantitative estimate of drug-likeness (QED) is 0.663. The van der Waals surface area contributed by atoms with E-state index in [1.165, 1.54) is 6.42 Å². The predicted molar refractivity (Wildman–Crippen MR) is 43.8 cm³/mol. The van der Waals surface area contributed by atoms with E-state index in [0.29, 0.717) is 6.04 Å². The van der Waals surface area contributed by atoms with Crippen molar-refractivity contribution in [3.05, 3.63) is 12.7 Å². The molecule has 5 heteroatoms. The molecule has 0 amide bonds. The second kappa shape index (κ2) is 3.69. The van der Waals surface area contributed by atoms with E-state index in [1.807, 2.05) is 0 Å². The number of aromatic nitrogens is 3. The SMILES string of the molecule is Cl.c1nncn1[C@@H]1CCNC1. The normalized spacial score (nSPS) is 23.1. The van der Waals surface area contributed by atoms with Crippen molar-refractivity contribution in [2.24, 2.45) is 0 Å². The van der Waals surface area contributed by atoms with Gasteiger partial charge in [0.25, 0.3) is 0 Å². The first-order chi connectivity index (χ1) is 4.97. The minimum atomic E-state index is 0. The van der Waals surface area contributed by atoms with Gasteiger partial charge in [0.05, 0.1) is 0 Å². The van der Waals surface area contributed by atoms with Crippen LogP contribution in [-0.2, 0) is 0 Å². The molecule has 1 aliphatic heterocycles. The fraction of sp³-hybridized carbons (Fsp3) is 0.667. The van der Waals surface area contributed by atoms with Gasteiger partial charge in [-0.15, -0.1) is 22.6 Å². The van der Waals surface area contributed by atoms with Crippen molar-refractivity contribution in [3.8, 4) is 0 Å². The van der Waals surface area contributed by atoms with Crippen molar-refractivity contribution >= 4 is 12.4 Å². The zero-order chi connectivity index (χ0) is 6.81. The van der Waals surface area contributed by atoms with Gasteiger partial charge < -0.3 is 9.88 Å². The van der Waals surface area contributed by atoms with Gasteiger partial charge >= 0.3 is 0 Å². The van der Waals surface area contributed by atoms with Gasteiger partial charge in [-0.3, -0.25) is 0 Å². The average molecular weight is 175 g/mol. The smallest absolute Gasteiger partial charge is 0.119 e. The molecule has 2 heterocycles. The molecule has 4 nitrogen and oxygen atoms in total. The van der Waals surface area contributed by atoms with E-state index in [9.17, 15) is 0 Å². The lowest BCUT2D eigenvalue weighted by Crippen LogP contribution is -2.11. The summed E-state index contributed by atoms with van der Waals surface area (Å²) in [4.78, 5) is 0. The third kappa shape index (κ3) is 1.70. The second-order valence-corrected chi connectivity index (χ2v) is 2.56. The summed E-state index contributed by atoms with van der Waals surface area (Å²) in [6, 6.07) is 0.579. The number of halogens is 1. The van der Waals surface area contributed by atoms with Crippen LogP contribution in [-0.4, -0.2) is 27.9 Å². The molecule has 0 aromatic carbocycles. The van der Waals surface area contributed by atoms with Gasteiger partial charge in [0.15, 0.2) is 0 Å². The molecule has 1 aromatic heterocycles. The van der Waals surface area contributed by atoms with E-state index >= 15 is 0 Å². The molecule has 11 heavy (non-hydrogen) atoms. The number of nitrogens with zero attached hydrogens (tertiary/aromatic N) is 3. The van der Waals surface area contributed by atoms with Gasteiger partial charge in [-0.2, -0.15) is 0 Å². The first kappa shape index (κ1) is 8.49. The monoisotopic (exact) mass is 174 g/mol. The molecule has 62 valence electrons. The molecule has 1 fully saturated rings. The molecular weight excluding hydrogens is 164 g/mol. The summed E-state index contributed by atoms with van der Waals surface area (Å²) in [5, 5.41) is 10.8. The molecule has 0 saturated carbocycles. The molecule has 2 rings (SSSR count). The Kier molecular flexibility index (Phi) is 2.84. The van der Waals surface area contributed by atoms with Crippen LogP contribution in [0.4, 0.5) is 0 Å². The summed E-state index contributed by atoms with van der Waals surface area (Å²) in [6.45, 7) is 2.17. The molecular formula is C6H11ClN4. The highest BCUT2D eigenvalue weighted by Crippen LogP contribution is 2.12. The van der Waals surface area contributed by atoms with Crippen molar-refractivity contribution in [3.63, 3.8) is 0 Å². The second-order valence-electron chi connectivity index (χ2n) is 2.56. The van der Waals surface area contributed by atoms with Crippen molar-refractivity contribution in [1.82, 2.24) is 20.1 Å². The Hall–Kier alpha value is -0.610. The van der Waals surface area contributed by atoms with Crippen LogP contribution in [0, 0.1) is 0 Å². The molecule has 0 aliphatic carbocycles. The van der Waals surface area contributed by atoms with Crippen molar-refractivity contribution in [1.29, 1.82) is 0 Å². The zero-order valence-electron chi connectivity index (χ0n) is 6.10. The van der Waals surface area contributed by atoms with E-state index in [0.717, 1.165) is 13.1 Å². The van der Waals surface area contributed by atoms with Crippen molar-refractivity contribution in [2.75, 3.05) is 13.1 Å². The Morgan fingerprint density at radius 2 is 2.09 bits per heavy atom. The van der Waals surface area contributed by atoms with Gasteiger partial charge in [0.1, 0.15) is 12.7 Å². The molecule has 0 spiro atoms. The minimum absolute atomic E-state index is 0. The van der Waals surface area contributed by atoms with Gasteiger partial charge in [-0.25, -0.2) is 0 Å². The van der Waals surface area contributed by atoms with E-state index in [2.05, 4.69) is 20.1 Å². The Morgan fingerprint density at radius 3 is 2.64 bits per heavy atom. The molecule has 1 atom stereocenters. The summed E-state index contributed by atoms with van der Waals surface area (Å²) in [6.07, 6.45) is 4.74.